The van der Waals surface area contributed by atoms with Gasteiger partial charge in [-0.2, -0.15) is 0 Å². The first kappa shape index (κ1) is 18.9. The Balaban J connectivity index is 0. The van der Waals surface area contributed by atoms with Gasteiger partial charge in [0.1, 0.15) is 26.2 Å². The molecule has 0 spiro atoms. The maximum atomic E-state index is 2.35. The molecule has 0 atom stereocenters. The predicted molar refractivity (Wildman–Crippen MR) is 62.2 cm³/mol. The molecule has 0 N–H and O–H groups in total. The Morgan fingerprint density at radius 2 is 0.750 bits per heavy atom. The van der Waals surface area contributed by atoms with Crippen molar-refractivity contribution in [1.29, 1.82) is 0 Å². The van der Waals surface area contributed by atoms with Crippen molar-refractivity contribution >= 4 is 0 Å². The molecule has 1 aliphatic rings. The van der Waals surface area contributed by atoms with Crippen molar-refractivity contribution in [2.75, 3.05) is 52.4 Å². The Morgan fingerprint density at radius 1 is 0.562 bits per heavy atom. The van der Waals surface area contributed by atoms with E-state index in [0.717, 1.165) is 0 Å². The zero-order valence-corrected chi connectivity index (χ0v) is 12.8. The number of likely N-dealkylation sites (N-methyl/N-ethyl adjacent to an activating group) is 2. The molecule has 0 radical (unpaired) electrons. The molecule has 0 aromatic heterocycles. The summed E-state index contributed by atoms with van der Waals surface area (Å²) in [6, 6.07) is 0. The van der Waals surface area contributed by atoms with Crippen LogP contribution in [0.1, 0.15) is 27.7 Å². The van der Waals surface area contributed by atoms with Crippen LogP contribution in [0.15, 0.2) is 0 Å². The number of hydrogen-bond acceptors (Lipinski definition) is 0. The molecule has 0 bridgehead atoms. The number of rotatable bonds is 4. The molecule has 0 unspecified atom stereocenters. The minimum atomic E-state index is 0. The Hall–Kier alpha value is 0.500. The van der Waals surface area contributed by atoms with Crippen LogP contribution in [-0.2, 0) is 0 Å². The van der Waals surface area contributed by atoms with Crippen LogP contribution in [0.25, 0.3) is 0 Å². The quantitative estimate of drug-likeness (QED) is 0.454. The molecule has 1 rings (SSSR count). The molecule has 16 heavy (non-hydrogen) atoms. The van der Waals surface area contributed by atoms with Gasteiger partial charge in [0, 0.05) is 0 Å². The number of hydrogen-bond donors (Lipinski definition) is 0. The Bertz CT molecular complexity index is 146. The summed E-state index contributed by atoms with van der Waals surface area (Å²) in [6.07, 6.45) is 0. The van der Waals surface area contributed by atoms with Crippen LogP contribution in [0.4, 0.5) is 0 Å². The van der Waals surface area contributed by atoms with Crippen molar-refractivity contribution in [3.8, 4) is 0 Å². The summed E-state index contributed by atoms with van der Waals surface area (Å²) < 4.78 is 2.72. The molecule has 0 saturated carbocycles. The van der Waals surface area contributed by atoms with E-state index in [4.69, 9.17) is 0 Å². The first-order valence-electron chi connectivity index (χ1n) is 6.36. The highest BCUT2D eigenvalue weighted by Gasteiger charge is 2.38. The van der Waals surface area contributed by atoms with E-state index in [-0.39, 0.29) is 24.8 Å². The second kappa shape index (κ2) is 7.75. The van der Waals surface area contributed by atoms with E-state index in [1.165, 1.54) is 61.3 Å². The molecule has 100 valence electrons. The third kappa shape index (κ3) is 3.76. The molecular formula is C12H28Cl2N2. The smallest absolute Gasteiger partial charge is 0.129 e. The van der Waals surface area contributed by atoms with Crippen molar-refractivity contribution in [1.82, 2.24) is 0 Å². The summed E-state index contributed by atoms with van der Waals surface area (Å²) >= 11 is 0. The summed E-state index contributed by atoms with van der Waals surface area (Å²) in [5.74, 6) is 0. The highest BCUT2D eigenvalue weighted by molar-refractivity contribution is 4.52. The molecule has 2 nitrogen and oxygen atoms in total. The van der Waals surface area contributed by atoms with Gasteiger partial charge in [0.05, 0.1) is 26.2 Å². The van der Waals surface area contributed by atoms with Crippen LogP contribution in [0, 0.1) is 0 Å². The summed E-state index contributed by atoms with van der Waals surface area (Å²) in [5, 5.41) is 0. The number of halogens is 2. The predicted octanol–water partition coefficient (Wildman–Crippen LogP) is -4.28. The van der Waals surface area contributed by atoms with Gasteiger partial charge in [-0.3, -0.25) is 0 Å². The van der Waals surface area contributed by atoms with E-state index >= 15 is 0 Å². The molecule has 0 aliphatic carbocycles. The summed E-state index contributed by atoms with van der Waals surface area (Å²) in [6.45, 7) is 20.3. The monoisotopic (exact) mass is 270 g/mol. The van der Waals surface area contributed by atoms with E-state index in [9.17, 15) is 0 Å². The lowest BCUT2D eigenvalue weighted by Gasteiger charge is -2.48. The van der Waals surface area contributed by atoms with Crippen molar-refractivity contribution < 1.29 is 33.8 Å². The SMILES string of the molecule is CC[N+]1(CC)CC[N+](CC)(CC)CC1.[Cl-].[Cl-]. The van der Waals surface area contributed by atoms with Gasteiger partial charge in [0.25, 0.3) is 0 Å². The molecule has 1 aliphatic heterocycles. The normalized spacial score (nSPS) is 21.8. The minimum Gasteiger partial charge on any atom is -1.00 e. The molecule has 0 amide bonds. The number of quaternary nitrogens is 2. The standard InChI is InChI=1S/C12H28N2.2ClH/c1-5-13(6-2)9-11-14(7-3,8-4)12-10-13;;/h5-12H2,1-4H3;2*1H/q+2;;/p-2. The average Bonchev–Trinajstić information content (AvgIpc) is 2.29. The van der Waals surface area contributed by atoms with E-state index in [2.05, 4.69) is 27.7 Å². The van der Waals surface area contributed by atoms with E-state index in [1.807, 2.05) is 0 Å². The Morgan fingerprint density at radius 3 is 0.875 bits per heavy atom. The van der Waals surface area contributed by atoms with Crippen LogP contribution < -0.4 is 24.8 Å². The maximum absolute atomic E-state index is 2.35. The second-order valence-corrected chi connectivity index (χ2v) is 4.84. The van der Waals surface area contributed by atoms with E-state index in [0.29, 0.717) is 0 Å². The van der Waals surface area contributed by atoms with Crippen molar-refractivity contribution in [3.63, 3.8) is 0 Å². The van der Waals surface area contributed by atoms with Gasteiger partial charge >= 0.3 is 0 Å². The van der Waals surface area contributed by atoms with Crippen LogP contribution in [-0.4, -0.2) is 61.3 Å². The minimum absolute atomic E-state index is 0. The molecule has 0 aromatic rings. The van der Waals surface area contributed by atoms with Crippen LogP contribution >= 0.6 is 0 Å². The maximum Gasteiger partial charge on any atom is 0.129 e. The van der Waals surface area contributed by atoms with Gasteiger partial charge in [-0.25, -0.2) is 0 Å². The highest BCUT2D eigenvalue weighted by atomic mass is 35.5. The highest BCUT2D eigenvalue weighted by Crippen LogP contribution is 2.18. The second-order valence-electron chi connectivity index (χ2n) is 4.84. The molecule has 1 heterocycles. The largest absolute Gasteiger partial charge is 1.00 e. The summed E-state index contributed by atoms with van der Waals surface area (Å²) in [4.78, 5) is 0. The Labute approximate surface area is 114 Å². The fraction of sp³-hybridized carbons (Fsp3) is 1.00. The lowest BCUT2D eigenvalue weighted by molar-refractivity contribution is -1.03. The zero-order chi connectivity index (χ0) is 10.7. The van der Waals surface area contributed by atoms with Crippen molar-refractivity contribution in [3.05, 3.63) is 0 Å². The third-order valence-corrected chi connectivity index (χ3v) is 4.78. The average molecular weight is 271 g/mol. The van der Waals surface area contributed by atoms with Crippen molar-refractivity contribution in [2.45, 2.75) is 27.7 Å². The molecule has 1 fully saturated rings. The van der Waals surface area contributed by atoms with Crippen molar-refractivity contribution in [2.24, 2.45) is 0 Å². The Kier molecular flexibility index (Phi) is 9.14. The van der Waals surface area contributed by atoms with Gasteiger partial charge in [-0.15, -0.1) is 0 Å². The van der Waals surface area contributed by atoms with Gasteiger partial charge in [-0.1, -0.05) is 0 Å². The number of piperazine rings is 1. The first-order valence-corrected chi connectivity index (χ1v) is 6.36. The molecule has 4 heteroatoms. The topological polar surface area (TPSA) is 0 Å². The van der Waals surface area contributed by atoms with E-state index in [1.54, 1.807) is 0 Å². The molecule has 1 saturated heterocycles. The van der Waals surface area contributed by atoms with E-state index < -0.39 is 0 Å². The van der Waals surface area contributed by atoms with Gasteiger partial charge in [-0.05, 0) is 27.7 Å². The first-order chi connectivity index (χ1) is 6.66. The fourth-order valence-corrected chi connectivity index (χ4v) is 2.78. The molecular weight excluding hydrogens is 243 g/mol. The zero-order valence-electron chi connectivity index (χ0n) is 11.3. The fourth-order valence-electron chi connectivity index (χ4n) is 2.78. The van der Waals surface area contributed by atoms with Crippen LogP contribution in [0.3, 0.4) is 0 Å². The number of nitrogens with zero attached hydrogens (tertiary/aromatic N) is 2. The lowest BCUT2D eigenvalue weighted by atomic mass is 10.2. The van der Waals surface area contributed by atoms with Crippen LogP contribution in [0.5, 0.6) is 0 Å². The van der Waals surface area contributed by atoms with Gasteiger partial charge in [0.15, 0.2) is 0 Å². The summed E-state index contributed by atoms with van der Waals surface area (Å²) in [7, 11) is 0. The third-order valence-electron chi connectivity index (χ3n) is 4.78. The summed E-state index contributed by atoms with van der Waals surface area (Å²) in [5.41, 5.74) is 0. The van der Waals surface area contributed by atoms with Crippen LogP contribution in [0.2, 0.25) is 0 Å². The van der Waals surface area contributed by atoms with Gasteiger partial charge in [0.2, 0.25) is 0 Å². The molecule has 0 aromatic carbocycles. The van der Waals surface area contributed by atoms with Gasteiger partial charge < -0.3 is 33.8 Å². The lowest BCUT2D eigenvalue weighted by Crippen LogP contribution is -3.00.